The summed E-state index contributed by atoms with van der Waals surface area (Å²) >= 11 is 0. The SMILES string of the molecule is CCNC(c1cccc(C)c1)c1ccc2c(c1)CCO2. The van der Waals surface area contributed by atoms with Crippen molar-refractivity contribution < 1.29 is 4.74 Å². The topological polar surface area (TPSA) is 21.3 Å². The third kappa shape index (κ3) is 2.56. The first kappa shape index (κ1) is 13.2. The lowest BCUT2D eigenvalue weighted by Crippen LogP contribution is -2.22. The monoisotopic (exact) mass is 267 g/mol. The van der Waals surface area contributed by atoms with Crippen molar-refractivity contribution >= 4 is 0 Å². The molecule has 2 nitrogen and oxygen atoms in total. The van der Waals surface area contributed by atoms with Crippen LogP contribution in [-0.4, -0.2) is 13.2 Å². The van der Waals surface area contributed by atoms with Crippen molar-refractivity contribution in [3.8, 4) is 5.75 Å². The summed E-state index contributed by atoms with van der Waals surface area (Å²) in [6.45, 7) is 6.06. The molecule has 1 aliphatic rings. The van der Waals surface area contributed by atoms with Crippen molar-refractivity contribution in [2.75, 3.05) is 13.2 Å². The third-order valence-corrected chi connectivity index (χ3v) is 3.83. The van der Waals surface area contributed by atoms with Gasteiger partial charge in [-0.2, -0.15) is 0 Å². The van der Waals surface area contributed by atoms with Gasteiger partial charge in [-0.05, 0) is 36.2 Å². The molecule has 0 aliphatic carbocycles. The van der Waals surface area contributed by atoms with E-state index < -0.39 is 0 Å². The Morgan fingerprint density at radius 3 is 2.80 bits per heavy atom. The predicted octanol–water partition coefficient (Wildman–Crippen LogP) is 3.63. The zero-order chi connectivity index (χ0) is 13.9. The van der Waals surface area contributed by atoms with Gasteiger partial charge in [0.25, 0.3) is 0 Å². The smallest absolute Gasteiger partial charge is 0.122 e. The summed E-state index contributed by atoms with van der Waals surface area (Å²) in [6, 6.07) is 15.6. The fourth-order valence-corrected chi connectivity index (χ4v) is 2.87. The van der Waals surface area contributed by atoms with Gasteiger partial charge in [0.05, 0.1) is 12.6 Å². The molecule has 0 spiro atoms. The largest absolute Gasteiger partial charge is 0.493 e. The first-order chi connectivity index (χ1) is 9.78. The fraction of sp³-hybridized carbons (Fsp3) is 0.333. The molecule has 3 rings (SSSR count). The van der Waals surface area contributed by atoms with Crippen LogP contribution in [0.5, 0.6) is 5.75 Å². The zero-order valence-electron chi connectivity index (χ0n) is 12.1. The second-order valence-corrected chi connectivity index (χ2v) is 5.37. The van der Waals surface area contributed by atoms with E-state index in [1.165, 1.54) is 22.3 Å². The number of nitrogens with one attached hydrogen (secondary N) is 1. The quantitative estimate of drug-likeness (QED) is 0.913. The average Bonchev–Trinajstić information content (AvgIpc) is 2.92. The fourth-order valence-electron chi connectivity index (χ4n) is 2.87. The summed E-state index contributed by atoms with van der Waals surface area (Å²) < 4.78 is 5.60. The van der Waals surface area contributed by atoms with Crippen molar-refractivity contribution in [1.82, 2.24) is 5.32 Å². The molecular formula is C18H21NO. The van der Waals surface area contributed by atoms with E-state index in [1.807, 2.05) is 0 Å². The average molecular weight is 267 g/mol. The molecule has 2 aromatic rings. The first-order valence-corrected chi connectivity index (χ1v) is 7.33. The van der Waals surface area contributed by atoms with Gasteiger partial charge in [-0.3, -0.25) is 0 Å². The van der Waals surface area contributed by atoms with Crippen molar-refractivity contribution in [3.63, 3.8) is 0 Å². The van der Waals surface area contributed by atoms with E-state index in [-0.39, 0.29) is 6.04 Å². The molecule has 1 aliphatic heterocycles. The van der Waals surface area contributed by atoms with Gasteiger partial charge < -0.3 is 10.1 Å². The van der Waals surface area contributed by atoms with Gasteiger partial charge in [0.15, 0.2) is 0 Å². The molecule has 1 atom stereocenters. The Morgan fingerprint density at radius 2 is 2.00 bits per heavy atom. The molecule has 2 heteroatoms. The molecule has 0 saturated carbocycles. The highest BCUT2D eigenvalue weighted by atomic mass is 16.5. The lowest BCUT2D eigenvalue weighted by atomic mass is 9.95. The Bertz CT molecular complexity index is 606. The number of benzene rings is 2. The molecule has 104 valence electrons. The predicted molar refractivity (Wildman–Crippen MR) is 82.3 cm³/mol. The van der Waals surface area contributed by atoms with E-state index in [0.29, 0.717) is 0 Å². The minimum Gasteiger partial charge on any atom is -0.493 e. The van der Waals surface area contributed by atoms with E-state index in [9.17, 15) is 0 Å². The molecule has 0 saturated heterocycles. The number of ether oxygens (including phenoxy) is 1. The highest BCUT2D eigenvalue weighted by Gasteiger charge is 2.17. The van der Waals surface area contributed by atoms with Gasteiger partial charge in [0.1, 0.15) is 5.75 Å². The molecule has 0 fully saturated rings. The lowest BCUT2D eigenvalue weighted by Gasteiger charge is -2.20. The third-order valence-electron chi connectivity index (χ3n) is 3.83. The van der Waals surface area contributed by atoms with Crippen LogP contribution in [0.15, 0.2) is 42.5 Å². The second-order valence-electron chi connectivity index (χ2n) is 5.37. The number of rotatable bonds is 4. The van der Waals surface area contributed by atoms with Crippen molar-refractivity contribution in [3.05, 3.63) is 64.7 Å². The van der Waals surface area contributed by atoms with E-state index in [0.717, 1.165) is 25.3 Å². The van der Waals surface area contributed by atoms with Gasteiger partial charge in [0.2, 0.25) is 0 Å². The van der Waals surface area contributed by atoms with Crippen LogP contribution in [-0.2, 0) is 6.42 Å². The molecule has 0 bridgehead atoms. The highest BCUT2D eigenvalue weighted by molar-refractivity contribution is 5.43. The van der Waals surface area contributed by atoms with E-state index in [4.69, 9.17) is 4.74 Å². The summed E-state index contributed by atoms with van der Waals surface area (Å²) in [6.07, 6.45) is 1.02. The summed E-state index contributed by atoms with van der Waals surface area (Å²) in [7, 11) is 0. The summed E-state index contributed by atoms with van der Waals surface area (Å²) in [5.41, 5.74) is 5.28. The van der Waals surface area contributed by atoms with Crippen LogP contribution in [0.2, 0.25) is 0 Å². The Balaban J connectivity index is 1.98. The van der Waals surface area contributed by atoms with Crippen LogP contribution in [0.25, 0.3) is 0 Å². The van der Waals surface area contributed by atoms with Crippen LogP contribution in [0.1, 0.15) is 35.2 Å². The van der Waals surface area contributed by atoms with Crippen LogP contribution in [0.4, 0.5) is 0 Å². The van der Waals surface area contributed by atoms with Gasteiger partial charge in [0, 0.05) is 6.42 Å². The van der Waals surface area contributed by atoms with Crippen molar-refractivity contribution in [2.45, 2.75) is 26.3 Å². The minimum atomic E-state index is 0.255. The second kappa shape index (κ2) is 5.68. The molecule has 1 N–H and O–H groups in total. The van der Waals surface area contributed by atoms with Gasteiger partial charge in [-0.15, -0.1) is 0 Å². The van der Waals surface area contributed by atoms with E-state index in [2.05, 4.69) is 61.6 Å². The van der Waals surface area contributed by atoms with Crippen LogP contribution in [0, 0.1) is 6.92 Å². The maximum absolute atomic E-state index is 5.60. The number of fused-ring (bicyclic) bond motifs is 1. The van der Waals surface area contributed by atoms with E-state index >= 15 is 0 Å². The van der Waals surface area contributed by atoms with Crippen molar-refractivity contribution in [2.24, 2.45) is 0 Å². The van der Waals surface area contributed by atoms with Gasteiger partial charge in [-0.1, -0.05) is 48.9 Å². The standard InChI is InChI=1S/C18H21NO/c1-3-19-18(15-6-4-5-13(2)11-15)16-7-8-17-14(12-16)9-10-20-17/h4-8,11-12,18-19H,3,9-10H2,1-2H3. The maximum Gasteiger partial charge on any atom is 0.122 e. The molecule has 0 radical (unpaired) electrons. The molecule has 20 heavy (non-hydrogen) atoms. The van der Waals surface area contributed by atoms with Crippen LogP contribution >= 0.6 is 0 Å². The number of aryl methyl sites for hydroxylation is 1. The Morgan fingerprint density at radius 1 is 1.15 bits per heavy atom. The summed E-state index contributed by atoms with van der Waals surface area (Å²) in [5.74, 6) is 1.05. The molecule has 2 aromatic carbocycles. The molecular weight excluding hydrogens is 246 g/mol. The van der Waals surface area contributed by atoms with Gasteiger partial charge in [-0.25, -0.2) is 0 Å². The number of hydrogen-bond acceptors (Lipinski definition) is 2. The molecule has 1 unspecified atom stereocenters. The van der Waals surface area contributed by atoms with Crippen molar-refractivity contribution in [1.29, 1.82) is 0 Å². The first-order valence-electron chi connectivity index (χ1n) is 7.33. The number of hydrogen-bond donors (Lipinski definition) is 1. The normalized spacial score (nSPS) is 14.7. The Kier molecular flexibility index (Phi) is 3.75. The molecule has 1 heterocycles. The van der Waals surface area contributed by atoms with Crippen LogP contribution < -0.4 is 10.1 Å². The highest BCUT2D eigenvalue weighted by Crippen LogP contribution is 2.30. The molecule has 0 aromatic heterocycles. The Labute approximate surface area is 120 Å². The zero-order valence-corrected chi connectivity index (χ0v) is 12.1. The van der Waals surface area contributed by atoms with Gasteiger partial charge >= 0.3 is 0 Å². The lowest BCUT2D eigenvalue weighted by molar-refractivity contribution is 0.357. The molecule has 0 amide bonds. The van der Waals surface area contributed by atoms with Crippen LogP contribution in [0.3, 0.4) is 0 Å². The van der Waals surface area contributed by atoms with E-state index in [1.54, 1.807) is 0 Å². The Hall–Kier alpha value is -1.80. The maximum atomic E-state index is 5.60. The minimum absolute atomic E-state index is 0.255. The summed E-state index contributed by atoms with van der Waals surface area (Å²) in [5, 5.41) is 3.59. The summed E-state index contributed by atoms with van der Waals surface area (Å²) in [4.78, 5) is 0.